The van der Waals surface area contributed by atoms with Crippen molar-refractivity contribution in [3.8, 4) is 0 Å². The molecule has 10 heavy (non-hydrogen) atoms. The van der Waals surface area contributed by atoms with Crippen molar-refractivity contribution < 1.29 is 4.74 Å². The highest BCUT2D eigenvalue weighted by atomic mass is 16.5. The third kappa shape index (κ3) is 15.7. The Morgan fingerprint density at radius 1 is 1.20 bits per heavy atom. The van der Waals surface area contributed by atoms with Gasteiger partial charge in [-0.25, -0.2) is 0 Å². The van der Waals surface area contributed by atoms with E-state index >= 15 is 0 Å². The Morgan fingerprint density at radius 3 is 2.00 bits per heavy atom. The molecule has 0 rings (SSSR count). The van der Waals surface area contributed by atoms with Gasteiger partial charge in [-0.05, 0) is 21.0 Å². The molecule has 0 aromatic carbocycles. The third-order valence-electron chi connectivity index (χ3n) is 0.887. The standard InChI is InChI=1S/C6H15NO.C2H6/c1-4-8-6-5-7(2)3;1-2/h4-6H2,1-3H3;1-2H3. The molecule has 0 N–H and O–H groups in total. The molecule has 0 fully saturated rings. The largest absolute Gasteiger partial charge is 0.380 e. The van der Waals surface area contributed by atoms with Crippen LogP contribution in [0.3, 0.4) is 0 Å². The number of nitrogens with zero attached hydrogens (tertiary/aromatic N) is 1. The average Bonchev–Trinajstić information content (AvgIpc) is 1.92. The third-order valence-corrected chi connectivity index (χ3v) is 0.887. The van der Waals surface area contributed by atoms with Gasteiger partial charge in [0.2, 0.25) is 0 Å². The van der Waals surface area contributed by atoms with Crippen LogP contribution in [0.5, 0.6) is 0 Å². The van der Waals surface area contributed by atoms with Crippen molar-refractivity contribution in [3.05, 3.63) is 0 Å². The predicted octanol–water partition coefficient (Wildman–Crippen LogP) is 1.61. The second-order valence-corrected chi connectivity index (χ2v) is 2.00. The zero-order chi connectivity index (χ0) is 8.41. The maximum Gasteiger partial charge on any atom is 0.0593 e. The highest BCUT2D eigenvalue weighted by molar-refractivity contribution is 4.37. The normalized spacial score (nSPS) is 9.00. The summed E-state index contributed by atoms with van der Waals surface area (Å²) in [5.74, 6) is 0. The molecule has 0 aliphatic heterocycles. The average molecular weight is 147 g/mol. The fourth-order valence-corrected chi connectivity index (χ4v) is 0.391. The zero-order valence-corrected chi connectivity index (χ0v) is 7.98. The molecule has 2 heteroatoms. The lowest BCUT2D eigenvalue weighted by molar-refractivity contribution is 0.129. The molecule has 0 aromatic heterocycles. The van der Waals surface area contributed by atoms with E-state index in [-0.39, 0.29) is 0 Å². The first kappa shape index (κ1) is 12.6. The summed E-state index contributed by atoms with van der Waals surface area (Å²) in [6.45, 7) is 8.71. The summed E-state index contributed by atoms with van der Waals surface area (Å²) in [5.41, 5.74) is 0. The van der Waals surface area contributed by atoms with Gasteiger partial charge in [0, 0.05) is 13.2 Å². The summed E-state index contributed by atoms with van der Waals surface area (Å²) < 4.78 is 5.10. The van der Waals surface area contributed by atoms with Crippen molar-refractivity contribution in [1.29, 1.82) is 0 Å². The van der Waals surface area contributed by atoms with Crippen molar-refractivity contribution in [2.75, 3.05) is 33.9 Å². The van der Waals surface area contributed by atoms with E-state index in [0.29, 0.717) is 0 Å². The Morgan fingerprint density at radius 2 is 1.70 bits per heavy atom. The lowest BCUT2D eigenvalue weighted by atomic mass is 10.6. The minimum absolute atomic E-state index is 0.827. The van der Waals surface area contributed by atoms with Gasteiger partial charge >= 0.3 is 0 Å². The first-order valence-electron chi connectivity index (χ1n) is 4.00. The molecule has 0 unspecified atom stereocenters. The van der Waals surface area contributed by atoms with Gasteiger partial charge in [-0.2, -0.15) is 0 Å². The molecule has 64 valence electrons. The van der Waals surface area contributed by atoms with Crippen molar-refractivity contribution in [2.24, 2.45) is 0 Å². The lowest BCUT2D eigenvalue weighted by Crippen LogP contribution is -2.17. The van der Waals surface area contributed by atoms with Gasteiger partial charge in [-0.15, -0.1) is 0 Å². The quantitative estimate of drug-likeness (QED) is 0.560. The Hall–Kier alpha value is -0.0800. The van der Waals surface area contributed by atoms with Gasteiger partial charge < -0.3 is 9.64 Å². The number of hydrogen-bond acceptors (Lipinski definition) is 2. The Bertz CT molecular complexity index is 46.5. The molecule has 2 nitrogen and oxygen atoms in total. The minimum atomic E-state index is 0.827. The molecule has 0 aliphatic carbocycles. The highest BCUT2D eigenvalue weighted by Crippen LogP contribution is 1.75. The summed E-state index contributed by atoms with van der Waals surface area (Å²) >= 11 is 0. The number of ether oxygens (including phenoxy) is 1. The van der Waals surface area contributed by atoms with E-state index in [2.05, 4.69) is 4.90 Å². The molecule has 0 amide bonds. The van der Waals surface area contributed by atoms with Gasteiger partial charge in [-0.3, -0.25) is 0 Å². The fraction of sp³-hybridized carbons (Fsp3) is 1.00. The zero-order valence-electron chi connectivity index (χ0n) is 7.98. The van der Waals surface area contributed by atoms with Crippen molar-refractivity contribution in [2.45, 2.75) is 20.8 Å². The second-order valence-electron chi connectivity index (χ2n) is 2.00. The van der Waals surface area contributed by atoms with E-state index in [9.17, 15) is 0 Å². The Balaban J connectivity index is 0. The van der Waals surface area contributed by atoms with Crippen molar-refractivity contribution in [3.63, 3.8) is 0 Å². The Labute approximate surface area is 65.2 Å². The fourth-order valence-electron chi connectivity index (χ4n) is 0.391. The predicted molar refractivity (Wildman–Crippen MR) is 46.4 cm³/mol. The maximum absolute atomic E-state index is 5.10. The molecule has 0 radical (unpaired) electrons. The van der Waals surface area contributed by atoms with Crippen LogP contribution in [0.15, 0.2) is 0 Å². The monoisotopic (exact) mass is 147 g/mol. The summed E-state index contributed by atoms with van der Waals surface area (Å²) in [6.07, 6.45) is 0. The smallest absolute Gasteiger partial charge is 0.0593 e. The first-order valence-corrected chi connectivity index (χ1v) is 4.00. The summed E-state index contributed by atoms with van der Waals surface area (Å²) in [7, 11) is 4.08. The molecule has 0 heterocycles. The van der Waals surface area contributed by atoms with E-state index in [4.69, 9.17) is 4.74 Å². The number of likely N-dealkylation sites (N-methyl/N-ethyl adjacent to an activating group) is 1. The van der Waals surface area contributed by atoms with Crippen LogP contribution in [0.4, 0.5) is 0 Å². The first-order chi connectivity index (χ1) is 4.77. The number of rotatable bonds is 4. The van der Waals surface area contributed by atoms with Crippen LogP contribution in [0.25, 0.3) is 0 Å². The topological polar surface area (TPSA) is 12.5 Å². The molecule has 0 atom stereocenters. The summed E-state index contributed by atoms with van der Waals surface area (Å²) in [4.78, 5) is 2.11. The minimum Gasteiger partial charge on any atom is -0.380 e. The molecule has 0 aliphatic rings. The second kappa shape index (κ2) is 11.7. The molecular formula is C8H21NO. The van der Waals surface area contributed by atoms with Crippen LogP contribution in [-0.4, -0.2) is 38.8 Å². The maximum atomic E-state index is 5.10. The van der Waals surface area contributed by atoms with E-state index in [0.717, 1.165) is 19.8 Å². The molecule has 0 bridgehead atoms. The molecule has 0 spiro atoms. The van der Waals surface area contributed by atoms with Crippen LogP contribution in [0.2, 0.25) is 0 Å². The van der Waals surface area contributed by atoms with Gasteiger partial charge in [0.05, 0.1) is 6.61 Å². The van der Waals surface area contributed by atoms with Crippen molar-refractivity contribution >= 4 is 0 Å². The van der Waals surface area contributed by atoms with Gasteiger partial charge in [-0.1, -0.05) is 13.8 Å². The van der Waals surface area contributed by atoms with Crippen LogP contribution in [0, 0.1) is 0 Å². The molecule has 0 saturated carbocycles. The lowest BCUT2D eigenvalue weighted by Gasteiger charge is -2.07. The van der Waals surface area contributed by atoms with Crippen LogP contribution in [-0.2, 0) is 4.74 Å². The molecule has 0 aromatic rings. The van der Waals surface area contributed by atoms with Crippen LogP contribution in [0.1, 0.15) is 20.8 Å². The van der Waals surface area contributed by atoms with Gasteiger partial charge in [0.1, 0.15) is 0 Å². The van der Waals surface area contributed by atoms with E-state index < -0.39 is 0 Å². The van der Waals surface area contributed by atoms with Crippen LogP contribution < -0.4 is 0 Å². The van der Waals surface area contributed by atoms with Crippen molar-refractivity contribution in [1.82, 2.24) is 4.90 Å². The SMILES string of the molecule is CC.CCOCCN(C)C. The van der Waals surface area contributed by atoms with E-state index in [1.807, 2.05) is 34.9 Å². The molecule has 0 saturated heterocycles. The van der Waals surface area contributed by atoms with E-state index in [1.165, 1.54) is 0 Å². The summed E-state index contributed by atoms with van der Waals surface area (Å²) in [5, 5.41) is 0. The van der Waals surface area contributed by atoms with Gasteiger partial charge in [0.15, 0.2) is 0 Å². The molecular weight excluding hydrogens is 126 g/mol. The van der Waals surface area contributed by atoms with E-state index in [1.54, 1.807) is 0 Å². The highest BCUT2D eigenvalue weighted by Gasteiger charge is 1.85. The number of hydrogen-bond donors (Lipinski definition) is 0. The van der Waals surface area contributed by atoms with Gasteiger partial charge in [0.25, 0.3) is 0 Å². The Kier molecular flexibility index (Phi) is 14.7. The van der Waals surface area contributed by atoms with Crippen LogP contribution >= 0.6 is 0 Å². The summed E-state index contributed by atoms with van der Waals surface area (Å²) in [6, 6.07) is 0.